The number of H-pyrrole nitrogens is 1. The second-order valence-electron chi connectivity index (χ2n) is 3.91. The average molecular weight is 188 g/mol. The quantitative estimate of drug-likeness (QED) is 0.624. The molecular formula is C11H12N2O. The molecule has 72 valence electrons. The number of fused-ring (bicyclic) bond motifs is 1. The number of benzene rings is 1. The molecule has 0 radical (unpaired) electrons. The van der Waals surface area contributed by atoms with Gasteiger partial charge in [-0.2, -0.15) is 0 Å². The van der Waals surface area contributed by atoms with Crippen LogP contribution in [0.5, 0.6) is 0 Å². The highest BCUT2D eigenvalue weighted by Crippen LogP contribution is 2.27. The van der Waals surface area contributed by atoms with Gasteiger partial charge in [0.1, 0.15) is 5.60 Å². The molecule has 3 N–H and O–H groups in total. The Balaban J connectivity index is 2.13. The summed E-state index contributed by atoms with van der Waals surface area (Å²) in [7, 11) is 0. The molecule has 0 unspecified atom stereocenters. The summed E-state index contributed by atoms with van der Waals surface area (Å²) in [5, 5.41) is 14.3. The van der Waals surface area contributed by atoms with Crippen LogP contribution in [-0.2, 0) is 5.60 Å². The van der Waals surface area contributed by atoms with Crippen LogP contribution in [0, 0.1) is 0 Å². The first-order chi connectivity index (χ1) is 6.78. The molecule has 1 aromatic heterocycles. The van der Waals surface area contributed by atoms with Crippen molar-refractivity contribution in [3.8, 4) is 0 Å². The average Bonchev–Trinajstić information content (AvgIpc) is 2.60. The Bertz CT molecular complexity index is 471. The monoisotopic (exact) mass is 188 g/mol. The zero-order valence-corrected chi connectivity index (χ0v) is 7.75. The summed E-state index contributed by atoms with van der Waals surface area (Å²) in [6, 6.07) is 8.07. The number of aromatic amines is 1. The SMILES string of the molecule is OC1(c2ccc3[nH]ccc3c2)CNC1. The lowest BCUT2D eigenvalue weighted by molar-refractivity contribution is -0.0145. The van der Waals surface area contributed by atoms with Gasteiger partial charge < -0.3 is 15.4 Å². The van der Waals surface area contributed by atoms with Crippen LogP contribution in [0.25, 0.3) is 10.9 Å². The smallest absolute Gasteiger partial charge is 0.114 e. The van der Waals surface area contributed by atoms with Gasteiger partial charge >= 0.3 is 0 Å². The van der Waals surface area contributed by atoms with Crippen LogP contribution in [0.15, 0.2) is 30.5 Å². The number of nitrogens with one attached hydrogen (secondary N) is 2. The number of hydrogen-bond acceptors (Lipinski definition) is 2. The second kappa shape index (κ2) is 2.59. The molecule has 0 amide bonds. The molecule has 3 heteroatoms. The van der Waals surface area contributed by atoms with Gasteiger partial charge in [-0.05, 0) is 29.1 Å². The fourth-order valence-electron chi connectivity index (χ4n) is 1.91. The Morgan fingerprint density at radius 1 is 1.21 bits per heavy atom. The molecule has 14 heavy (non-hydrogen) atoms. The third-order valence-electron chi connectivity index (χ3n) is 2.93. The van der Waals surface area contributed by atoms with Gasteiger partial charge in [0.15, 0.2) is 0 Å². The van der Waals surface area contributed by atoms with Crippen LogP contribution in [0.2, 0.25) is 0 Å². The minimum Gasteiger partial charge on any atom is -0.382 e. The van der Waals surface area contributed by atoms with Crippen molar-refractivity contribution < 1.29 is 5.11 Å². The van der Waals surface area contributed by atoms with E-state index in [0.29, 0.717) is 13.1 Å². The third kappa shape index (κ3) is 0.997. The molecule has 0 bridgehead atoms. The molecule has 0 aliphatic carbocycles. The molecule has 0 saturated carbocycles. The van der Waals surface area contributed by atoms with Crippen LogP contribution >= 0.6 is 0 Å². The van der Waals surface area contributed by atoms with E-state index < -0.39 is 5.60 Å². The van der Waals surface area contributed by atoms with E-state index >= 15 is 0 Å². The normalized spacial score (nSPS) is 19.5. The van der Waals surface area contributed by atoms with E-state index in [2.05, 4.69) is 10.3 Å². The van der Waals surface area contributed by atoms with Crippen molar-refractivity contribution in [2.75, 3.05) is 13.1 Å². The Morgan fingerprint density at radius 3 is 2.79 bits per heavy atom. The predicted molar refractivity (Wildman–Crippen MR) is 55.1 cm³/mol. The summed E-state index contributed by atoms with van der Waals surface area (Å²) in [6.07, 6.45) is 1.91. The van der Waals surface area contributed by atoms with Crippen molar-refractivity contribution in [1.82, 2.24) is 10.3 Å². The third-order valence-corrected chi connectivity index (χ3v) is 2.93. The molecule has 1 aromatic carbocycles. The molecule has 1 fully saturated rings. The van der Waals surface area contributed by atoms with E-state index in [1.165, 1.54) is 0 Å². The molecule has 0 atom stereocenters. The molecule has 2 heterocycles. The first-order valence-electron chi connectivity index (χ1n) is 4.79. The fourth-order valence-corrected chi connectivity index (χ4v) is 1.91. The predicted octanol–water partition coefficient (Wildman–Crippen LogP) is 0.959. The molecule has 1 aliphatic heterocycles. The van der Waals surface area contributed by atoms with E-state index in [1.54, 1.807) is 0 Å². The Labute approximate surface area is 81.8 Å². The Hall–Kier alpha value is -1.32. The highest BCUT2D eigenvalue weighted by molar-refractivity contribution is 5.80. The second-order valence-corrected chi connectivity index (χ2v) is 3.91. The minimum absolute atomic E-state index is 0.647. The Kier molecular flexibility index (Phi) is 1.48. The molecule has 1 aliphatic rings. The van der Waals surface area contributed by atoms with Crippen molar-refractivity contribution >= 4 is 10.9 Å². The van der Waals surface area contributed by atoms with Crippen molar-refractivity contribution in [1.29, 1.82) is 0 Å². The maximum Gasteiger partial charge on any atom is 0.114 e. The summed E-state index contributed by atoms with van der Waals surface area (Å²) in [6.45, 7) is 1.31. The van der Waals surface area contributed by atoms with Crippen LogP contribution in [0.4, 0.5) is 0 Å². The number of hydrogen-bond donors (Lipinski definition) is 3. The van der Waals surface area contributed by atoms with E-state index in [1.807, 2.05) is 30.5 Å². The summed E-state index contributed by atoms with van der Waals surface area (Å²) >= 11 is 0. The molecule has 3 rings (SSSR count). The summed E-state index contributed by atoms with van der Waals surface area (Å²) < 4.78 is 0. The van der Waals surface area contributed by atoms with Crippen LogP contribution in [0.1, 0.15) is 5.56 Å². The van der Waals surface area contributed by atoms with Crippen LogP contribution in [0.3, 0.4) is 0 Å². The topological polar surface area (TPSA) is 48.0 Å². The van der Waals surface area contributed by atoms with E-state index in [-0.39, 0.29) is 0 Å². The largest absolute Gasteiger partial charge is 0.382 e. The van der Waals surface area contributed by atoms with E-state index in [0.717, 1.165) is 16.5 Å². The maximum atomic E-state index is 10.1. The van der Waals surface area contributed by atoms with Gasteiger partial charge in [0.2, 0.25) is 0 Å². The first-order valence-corrected chi connectivity index (χ1v) is 4.79. The van der Waals surface area contributed by atoms with Crippen LogP contribution in [-0.4, -0.2) is 23.2 Å². The summed E-state index contributed by atoms with van der Waals surface area (Å²) in [4.78, 5) is 3.14. The molecule has 0 spiro atoms. The van der Waals surface area contributed by atoms with Gasteiger partial charge in [0.05, 0.1) is 0 Å². The number of aliphatic hydroxyl groups is 1. The number of β-amino-alcohol motifs (C(OH)–C–C–N with tert-alkyl or cyclic N) is 1. The lowest BCUT2D eigenvalue weighted by Gasteiger charge is -2.38. The van der Waals surface area contributed by atoms with Gasteiger partial charge in [-0.25, -0.2) is 0 Å². The highest BCUT2D eigenvalue weighted by atomic mass is 16.3. The maximum absolute atomic E-state index is 10.1. The highest BCUT2D eigenvalue weighted by Gasteiger charge is 2.36. The fraction of sp³-hybridized carbons (Fsp3) is 0.273. The van der Waals surface area contributed by atoms with E-state index in [9.17, 15) is 5.11 Å². The number of aromatic nitrogens is 1. The first kappa shape index (κ1) is 8.03. The molecule has 3 nitrogen and oxygen atoms in total. The van der Waals surface area contributed by atoms with Crippen molar-refractivity contribution in [2.45, 2.75) is 5.60 Å². The summed E-state index contributed by atoms with van der Waals surface area (Å²) in [5.74, 6) is 0. The zero-order valence-electron chi connectivity index (χ0n) is 7.75. The molecule has 1 saturated heterocycles. The van der Waals surface area contributed by atoms with Crippen molar-refractivity contribution in [2.24, 2.45) is 0 Å². The number of rotatable bonds is 1. The van der Waals surface area contributed by atoms with Crippen LogP contribution < -0.4 is 5.32 Å². The summed E-state index contributed by atoms with van der Waals surface area (Å²) in [5.41, 5.74) is 1.47. The van der Waals surface area contributed by atoms with Gasteiger partial charge in [-0.3, -0.25) is 0 Å². The van der Waals surface area contributed by atoms with Gasteiger partial charge in [0, 0.05) is 24.8 Å². The molecular weight excluding hydrogens is 176 g/mol. The lowest BCUT2D eigenvalue weighted by atomic mass is 9.88. The van der Waals surface area contributed by atoms with Gasteiger partial charge in [-0.15, -0.1) is 0 Å². The molecule has 2 aromatic rings. The minimum atomic E-state index is -0.647. The van der Waals surface area contributed by atoms with Crippen molar-refractivity contribution in [3.05, 3.63) is 36.0 Å². The van der Waals surface area contributed by atoms with Gasteiger partial charge in [-0.1, -0.05) is 6.07 Å². The Morgan fingerprint density at radius 2 is 2.07 bits per heavy atom. The van der Waals surface area contributed by atoms with Gasteiger partial charge in [0.25, 0.3) is 0 Å². The lowest BCUT2D eigenvalue weighted by Crippen LogP contribution is -2.56. The standard InChI is InChI=1S/C11H12N2O/c14-11(6-12-7-11)9-1-2-10-8(5-9)3-4-13-10/h1-5,12-14H,6-7H2. The van der Waals surface area contributed by atoms with E-state index in [4.69, 9.17) is 0 Å². The van der Waals surface area contributed by atoms with Crippen molar-refractivity contribution in [3.63, 3.8) is 0 Å². The zero-order chi connectivity index (χ0) is 9.60.